The molecule has 18 heavy (non-hydrogen) atoms. The molecule has 1 aliphatic heterocycles. The Morgan fingerprint density at radius 2 is 2.06 bits per heavy atom. The van der Waals surface area contributed by atoms with Crippen molar-refractivity contribution in [2.75, 3.05) is 36.5 Å². The minimum absolute atomic E-state index is 0.466. The first-order valence-corrected chi connectivity index (χ1v) is 6.13. The van der Waals surface area contributed by atoms with Crippen LogP contribution in [0.1, 0.15) is 6.42 Å². The topological polar surface area (TPSA) is 69.8 Å². The molecular formula is C13H19N3O2. The molecule has 5 nitrogen and oxygen atoms in total. The minimum Gasteiger partial charge on any atom is -0.480 e. The molecule has 0 saturated carbocycles. The van der Waals surface area contributed by atoms with Gasteiger partial charge >= 0.3 is 5.97 Å². The summed E-state index contributed by atoms with van der Waals surface area (Å²) in [5, 5.41) is 8.80. The molecule has 0 saturated heterocycles. The van der Waals surface area contributed by atoms with Gasteiger partial charge in [-0.15, -0.1) is 0 Å². The Hall–Kier alpha value is -1.75. The lowest BCUT2D eigenvalue weighted by Gasteiger charge is -2.37. The van der Waals surface area contributed by atoms with Crippen LogP contribution in [0.5, 0.6) is 0 Å². The van der Waals surface area contributed by atoms with Crippen molar-refractivity contribution in [3.63, 3.8) is 0 Å². The number of nitrogens with zero attached hydrogens (tertiary/aromatic N) is 2. The summed E-state index contributed by atoms with van der Waals surface area (Å²) in [5.41, 5.74) is 7.89. The molecule has 0 radical (unpaired) electrons. The normalized spacial score (nSPS) is 16.3. The molecule has 0 aromatic heterocycles. The van der Waals surface area contributed by atoms with E-state index in [1.54, 1.807) is 0 Å². The first kappa shape index (κ1) is 12.7. The highest BCUT2D eigenvalue weighted by Crippen LogP contribution is 2.31. The van der Waals surface area contributed by atoms with Crippen molar-refractivity contribution in [3.05, 3.63) is 24.3 Å². The Morgan fingerprint density at radius 3 is 2.72 bits per heavy atom. The Bertz CT molecular complexity index is 436. The Labute approximate surface area is 107 Å². The summed E-state index contributed by atoms with van der Waals surface area (Å²) in [4.78, 5) is 15.1. The van der Waals surface area contributed by atoms with E-state index in [4.69, 9.17) is 10.8 Å². The summed E-state index contributed by atoms with van der Waals surface area (Å²) < 4.78 is 0. The van der Waals surface area contributed by atoms with E-state index >= 15 is 0 Å². The quantitative estimate of drug-likeness (QED) is 0.824. The maximum atomic E-state index is 10.7. The number of carboxylic acid groups (broad SMARTS) is 1. The van der Waals surface area contributed by atoms with E-state index in [9.17, 15) is 4.79 Å². The first-order valence-electron chi connectivity index (χ1n) is 6.13. The van der Waals surface area contributed by atoms with Gasteiger partial charge in [0.2, 0.25) is 0 Å². The van der Waals surface area contributed by atoms with Crippen LogP contribution in [0.15, 0.2) is 24.3 Å². The monoisotopic (exact) mass is 249 g/mol. The molecule has 98 valence electrons. The highest BCUT2D eigenvalue weighted by molar-refractivity contribution is 5.74. The van der Waals surface area contributed by atoms with Gasteiger partial charge in [0.1, 0.15) is 6.04 Å². The van der Waals surface area contributed by atoms with E-state index in [2.05, 4.69) is 29.0 Å². The van der Waals surface area contributed by atoms with Crippen molar-refractivity contribution in [3.8, 4) is 0 Å². The lowest BCUT2D eigenvalue weighted by Crippen LogP contribution is -2.42. The van der Waals surface area contributed by atoms with Crippen LogP contribution in [0, 0.1) is 0 Å². The zero-order valence-corrected chi connectivity index (χ0v) is 10.5. The predicted molar refractivity (Wildman–Crippen MR) is 72.2 cm³/mol. The number of nitrogens with two attached hydrogens (primary N) is 1. The molecule has 1 unspecified atom stereocenters. The van der Waals surface area contributed by atoms with Gasteiger partial charge in [-0.2, -0.15) is 0 Å². The highest BCUT2D eigenvalue weighted by atomic mass is 16.4. The Balaban J connectivity index is 2.07. The second-order valence-corrected chi connectivity index (χ2v) is 4.63. The van der Waals surface area contributed by atoms with Crippen molar-refractivity contribution in [1.82, 2.24) is 0 Å². The lowest BCUT2D eigenvalue weighted by molar-refractivity contribution is -0.138. The molecule has 0 bridgehead atoms. The van der Waals surface area contributed by atoms with Gasteiger partial charge in [-0.1, -0.05) is 12.1 Å². The average Bonchev–Trinajstić information content (AvgIpc) is 2.38. The predicted octanol–water partition coefficient (Wildman–Crippen LogP) is 0.745. The Kier molecular flexibility index (Phi) is 3.72. The number of aliphatic carboxylic acids is 1. The van der Waals surface area contributed by atoms with E-state index in [1.807, 2.05) is 12.1 Å². The van der Waals surface area contributed by atoms with E-state index in [0.29, 0.717) is 13.0 Å². The zero-order chi connectivity index (χ0) is 13.1. The van der Waals surface area contributed by atoms with Crippen LogP contribution in [0.4, 0.5) is 11.4 Å². The van der Waals surface area contributed by atoms with Crippen molar-refractivity contribution in [2.24, 2.45) is 5.73 Å². The third-order valence-corrected chi connectivity index (χ3v) is 3.37. The molecule has 1 atom stereocenters. The second kappa shape index (κ2) is 5.27. The number of fused-ring (bicyclic) bond motifs is 1. The first-order chi connectivity index (χ1) is 8.59. The molecule has 1 heterocycles. The molecule has 1 aromatic carbocycles. The zero-order valence-electron chi connectivity index (χ0n) is 10.5. The van der Waals surface area contributed by atoms with Crippen LogP contribution in [-0.4, -0.2) is 43.8 Å². The van der Waals surface area contributed by atoms with Crippen LogP contribution in [-0.2, 0) is 4.79 Å². The molecule has 3 N–H and O–H groups in total. The van der Waals surface area contributed by atoms with Gasteiger partial charge in [0.05, 0.1) is 11.4 Å². The smallest absolute Gasteiger partial charge is 0.320 e. The summed E-state index contributed by atoms with van der Waals surface area (Å²) in [6, 6.07) is 7.39. The number of likely N-dealkylation sites (N-methyl/N-ethyl adjacent to an activating group) is 1. The number of para-hydroxylation sites is 2. The van der Waals surface area contributed by atoms with E-state index < -0.39 is 12.0 Å². The Morgan fingerprint density at radius 1 is 1.39 bits per heavy atom. The van der Waals surface area contributed by atoms with Gasteiger partial charge in [0.15, 0.2) is 0 Å². The highest BCUT2D eigenvalue weighted by Gasteiger charge is 2.21. The van der Waals surface area contributed by atoms with Crippen molar-refractivity contribution in [1.29, 1.82) is 0 Å². The van der Waals surface area contributed by atoms with Crippen LogP contribution >= 0.6 is 0 Å². The number of rotatable bonds is 4. The number of hydrogen-bond donors (Lipinski definition) is 2. The van der Waals surface area contributed by atoms with Crippen molar-refractivity contribution < 1.29 is 9.90 Å². The maximum absolute atomic E-state index is 10.7. The van der Waals surface area contributed by atoms with E-state index in [-0.39, 0.29) is 0 Å². The molecule has 1 aromatic rings. The molecule has 5 heteroatoms. The summed E-state index contributed by atoms with van der Waals surface area (Å²) in [5.74, 6) is -0.933. The summed E-state index contributed by atoms with van der Waals surface area (Å²) in [6.07, 6.45) is 0.466. The largest absolute Gasteiger partial charge is 0.480 e. The molecule has 1 aliphatic rings. The number of anilines is 2. The fraction of sp³-hybridized carbons (Fsp3) is 0.462. The van der Waals surface area contributed by atoms with Crippen LogP contribution in [0.3, 0.4) is 0 Å². The summed E-state index contributed by atoms with van der Waals surface area (Å²) in [6.45, 7) is 2.53. The fourth-order valence-electron chi connectivity index (χ4n) is 2.22. The lowest BCUT2D eigenvalue weighted by atomic mass is 10.1. The molecule has 0 spiro atoms. The molecule has 2 rings (SSSR count). The minimum atomic E-state index is -0.933. The number of carboxylic acids is 1. The van der Waals surface area contributed by atoms with E-state index in [0.717, 1.165) is 18.8 Å². The van der Waals surface area contributed by atoms with Gasteiger partial charge < -0.3 is 20.6 Å². The summed E-state index contributed by atoms with van der Waals surface area (Å²) >= 11 is 0. The molecule has 0 fully saturated rings. The van der Waals surface area contributed by atoms with E-state index in [1.165, 1.54) is 5.69 Å². The molecular weight excluding hydrogens is 230 g/mol. The van der Waals surface area contributed by atoms with Gasteiger partial charge in [-0.05, 0) is 18.6 Å². The van der Waals surface area contributed by atoms with Crippen molar-refractivity contribution in [2.45, 2.75) is 12.5 Å². The average molecular weight is 249 g/mol. The van der Waals surface area contributed by atoms with Crippen LogP contribution in [0.2, 0.25) is 0 Å². The van der Waals surface area contributed by atoms with Gasteiger partial charge in [-0.3, -0.25) is 4.79 Å². The molecule has 0 amide bonds. The summed E-state index contributed by atoms with van der Waals surface area (Å²) in [7, 11) is 2.07. The van der Waals surface area contributed by atoms with Gasteiger partial charge in [-0.25, -0.2) is 0 Å². The van der Waals surface area contributed by atoms with Crippen LogP contribution in [0.25, 0.3) is 0 Å². The van der Waals surface area contributed by atoms with Crippen molar-refractivity contribution >= 4 is 17.3 Å². The fourth-order valence-corrected chi connectivity index (χ4v) is 2.22. The third kappa shape index (κ3) is 2.56. The maximum Gasteiger partial charge on any atom is 0.320 e. The second-order valence-electron chi connectivity index (χ2n) is 4.63. The standard InChI is InChI=1S/C13H19N3O2/c1-15-8-9-16(7-6-10(14)13(17)18)12-5-3-2-4-11(12)15/h2-5,10H,6-9,14H2,1H3,(H,17,18). The van der Waals surface area contributed by atoms with Gasteiger partial charge in [0.25, 0.3) is 0 Å². The van der Waals surface area contributed by atoms with Gasteiger partial charge in [0, 0.05) is 26.7 Å². The molecule has 0 aliphatic carbocycles. The SMILES string of the molecule is CN1CCN(CCC(N)C(=O)O)c2ccccc21. The number of benzene rings is 1. The number of hydrogen-bond acceptors (Lipinski definition) is 4. The number of carbonyl (C=O) groups is 1. The third-order valence-electron chi connectivity index (χ3n) is 3.37. The van der Waals surface area contributed by atoms with Crippen LogP contribution < -0.4 is 15.5 Å².